The first-order valence-corrected chi connectivity index (χ1v) is 10.1. The molecule has 1 unspecified atom stereocenters. The summed E-state index contributed by atoms with van der Waals surface area (Å²) in [4.78, 5) is 18.7. The van der Waals surface area contributed by atoms with Gasteiger partial charge in [0.1, 0.15) is 5.75 Å². The monoisotopic (exact) mass is 502 g/mol. The maximum absolute atomic E-state index is 12.1. The van der Waals surface area contributed by atoms with Crippen molar-refractivity contribution in [3.05, 3.63) is 29.8 Å². The zero-order valence-corrected chi connectivity index (χ0v) is 19.7. The minimum absolute atomic E-state index is 0. The minimum atomic E-state index is 0. The van der Waals surface area contributed by atoms with Gasteiger partial charge in [-0.3, -0.25) is 9.79 Å². The Morgan fingerprint density at radius 2 is 1.89 bits per heavy atom. The first kappa shape index (κ1) is 24.5. The lowest BCUT2D eigenvalue weighted by atomic mass is 9.98. The largest absolute Gasteiger partial charge is 0.497 e. The Bertz CT molecular complexity index is 601. The van der Waals surface area contributed by atoms with Crippen molar-refractivity contribution in [1.82, 2.24) is 15.5 Å². The molecule has 1 amide bonds. The van der Waals surface area contributed by atoms with E-state index in [9.17, 15) is 4.79 Å². The number of likely N-dealkylation sites (tertiary alicyclic amines) is 1. The van der Waals surface area contributed by atoms with E-state index in [-0.39, 0.29) is 29.9 Å². The van der Waals surface area contributed by atoms with Gasteiger partial charge in [-0.2, -0.15) is 0 Å². The standard InChI is InChI=1S/C21H34N4O2.HI/c1-4-22-21(24-14-12-20(26)25-15-5-6-16-25)23-13-11-17(2)18-7-9-19(27-3)10-8-18;/h7-10,17H,4-6,11-16H2,1-3H3,(H2,22,23,24);1H. The number of rotatable bonds is 9. The van der Waals surface area contributed by atoms with Gasteiger partial charge in [0, 0.05) is 39.1 Å². The molecule has 6 nitrogen and oxygen atoms in total. The Morgan fingerprint density at radius 3 is 2.50 bits per heavy atom. The molecule has 1 fully saturated rings. The van der Waals surface area contributed by atoms with E-state index in [1.54, 1.807) is 7.11 Å². The molecule has 0 spiro atoms. The predicted octanol–water partition coefficient (Wildman–Crippen LogP) is 3.37. The number of carbonyl (C=O) groups is 1. The fraction of sp³-hybridized carbons (Fsp3) is 0.619. The normalized spacial score (nSPS) is 15.0. The van der Waals surface area contributed by atoms with Crippen LogP contribution in [0.3, 0.4) is 0 Å². The van der Waals surface area contributed by atoms with E-state index in [0.717, 1.165) is 57.2 Å². The van der Waals surface area contributed by atoms with Crippen molar-refractivity contribution < 1.29 is 9.53 Å². The van der Waals surface area contributed by atoms with Gasteiger partial charge in [0.05, 0.1) is 7.11 Å². The molecule has 0 saturated carbocycles. The third-order valence-electron chi connectivity index (χ3n) is 4.95. The fourth-order valence-electron chi connectivity index (χ4n) is 3.22. The molecule has 2 rings (SSSR count). The highest BCUT2D eigenvalue weighted by molar-refractivity contribution is 14.0. The second-order valence-corrected chi connectivity index (χ2v) is 6.99. The highest BCUT2D eigenvalue weighted by Gasteiger charge is 2.17. The average Bonchev–Trinajstić information content (AvgIpc) is 3.23. The summed E-state index contributed by atoms with van der Waals surface area (Å²) < 4.78 is 5.21. The van der Waals surface area contributed by atoms with E-state index in [2.05, 4.69) is 34.7 Å². The molecule has 0 aromatic heterocycles. The highest BCUT2D eigenvalue weighted by atomic mass is 127. The van der Waals surface area contributed by atoms with Gasteiger partial charge in [-0.15, -0.1) is 24.0 Å². The summed E-state index contributed by atoms with van der Waals surface area (Å²) in [5.41, 5.74) is 1.29. The number of carbonyl (C=O) groups excluding carboxylic acids is 1. The maximum atomic E-state index is 12.1. The summed E-state index contributed by atoms with van der Waals surface area (Å²) in [6, 6.07) is 8.22. The molecule has 0 radical (unpaired) electrons. The molecule has 0 aliphatic carbocycles. The van der Waals surface area contributed by atoms with Gasteiger partial charge in [0.15, 0.2) is 5.96 Å². The third-order valence-corrected chi connectivity index (χ3v) is 4.95. The van der Waals surface area contributed by atoms with Crippen LogP contribution in [-0.2, 0) is 4.79 Å². The summed E-state index contributed by atoms with van der Waals surface area (Å²) in [6.45, 7) is 8.25. The molecule has 1 saturated heterocycles. The summed E-state index contributed by atoms with van der Waals surface area (Å²) >= 11 is 0. The van der Waals surface area contributed by atoms with Crippen LogP contribution in [0.5, 0.6) is 5.75 Å². The van der Waals surface area contributed by atoms with E-state index in [1.165, 1.54) is 5.56 Å². The second kappa shape index (κ2) is 13.6. The number of benzene rings is 1. The fourth-order valence-corrected chi connectivity index (χ4v) is 3.22. The molecule has 1 aromatic carbocycles. The molecule has 28 heavy (non-hydrogen) atoms. The number of nitrogens with one attached hydrogen (secondary N) is 2. The Kier molecular flexibility index (Phi) is 11.9. The van der Waals surface area contributed by atoms with E-state index in [4.69, 9.17) is 4.74 Å². The van der Waals surface area contributed by atoms with Crippen LogP contribution in [0.25, 0.3) is 0 Å². The van der Waals surface area contributed by atoms with E-state index in [0.29, 0.717) is 18.9 Å². The van der Waals surface area contributed by atoms with Crippen molar-refractivity contribution >= 4 is 35.8 Å². The van der Waals surface area contributed by atoms with Crippen LogP contribution in [0.1, 0.15) is 51.0 Å². The summed E-state index contributed by atoms with van der Waals surface area (Å²) in [5.74, 6) is 2.34. The number of methoxy groups -OCH3 is 1. The molecule has 1 aliphatic rings. The molecule has 158 valence electrons. The topological polar surface area (TPSA) is 66.0 Å². The molecule has 1 heterocycles. The van der Waals surface area contributed by atoms with Crippen molar-refractivity contribution in [2.24, 2.45) is 4.99 Å². The quantitative estimate of drug-likeness (QED) is 0.309. The number of nitrogens with zero attached hydrogens (tertiary/aromatic N) is 2. The van der Waals surface area contributed by atoms with Crippen molar-refractivity contribution in [2.45, 2.75) is 45.4 Å². The second-order valence-electron chi connectivity index (χ2n) is 6.99. The molecule has 1 atom stereocenters. The maximum Gasteiger partial charge on any atom is 0.224 e. The molecular weight excluding hydrogens is 467 g/mol. The van der Waals surface area contributed by atoms with Crippen LogP contribution < -0.4 is 15.4 Å². The smallest absolute Gasteiger partial charge is 0.224 e. The van der Waals surface area contributed by atoms with Crippen LogP contribution >= 0.6 is 24.0 Å². The van der Waals surface area contributed by atoms with Crippen molar-refractivity contribution in [2.75, 3.05) is 39.8 Å². The van der Waals surface area contributed by atoms with Crippen LogP contribution in [0, 0.1) is 0 Å². The third kappa shape index (κ3) is 8.24. The van der Waals surface area contributed by atoms with Gasteiger partial charge in [-0.25, -0.2) is 0 Å². The zero-order valence-electron chi connectivity index (χ0n) is 17.4. The van der Waals surface area contributed by atoms with E-state index < -0.39 is 0 Å². The van der Waals surface area contributed by atoms with Crippen LogP contribution in [0.4, 0.5) is 0 Å². The van der Waals surface area contributed by atoms with Crippen molar-refractivity contribution in [1.29, 1.82) is 0 Å². The molecule has 1 aliphatic heterocycles. The summed E-state index contributed by atoms with van der Waals surface area (Å²) in [5, 5.41) is 6.53. The van der Waals surface area contributed by atoms with Crippen molar-refractivity contribution in [3.63, 3.8) is 0 Å². The molecule has 7 heteroatoms. The van der Waals surface area contributed by atoms with Gasteiger partial charge in [0.25, 0.3) is 0 Å². The van der Waals surface area contributed by atoms with Crippen LogP contribution in [0.15, 0.2) is 29.3 Å². The predicted molar refractivity (Wildman–Crippen MR) is 126 cm³/mol. The number of ether oxygens (including phenoxy) is 1. The lowest BCUT2D eigenvalue weighted by Crippen LogP contribution is -2.39. The Labute approximate surface area is 186 Å². The summed E-state index contributed by atoms with van der Waals surface area (Å²) in [7, 11) is 1.68. The first-order chi connectivity index (χ1) is 13.1. The van der Waals surface area contributed by atoms with E-state index in [1.807, 2.05) is 24.0 Å². The van der Waals surface area contributed by atoms with E-state index >= 15 is 0 Å². The number of hydrogen-bond acceptors (Lipinski definition) is 3. The molecule has 0 bridgehead atoms. The molecule has 2 N–H and O–H groups in total. The molecule has 1 aromatic rings. The lowest BCUT2D eigenvalue weighted by molar-refractivity contribution is -0.129. The molecular formula is C21H35IN4O2. The van der Waals surface area contributed by atoms with Gasteiger partial charge < -0.3 is 20.3 Å². The first-order valence-electron chi connectivity index (χ1n) is 10.1. The number of amides is 1. The number of hydrogen-bond donors (Lipinski definition) is 2. The van der Waals surface area contributed by atoms with Crippen LogP contribution in [-0.4, -0.2) is 56.6 Å². The highest BCUT2D eigenvalue weighted by Crippen LogP contribution is 2.21. The Balaban J connectivity index is 0.00000392. The number of halogens is 1. The average molecular weight is 502 g/mol. The Hall–Kier alpha value is -1.51. The van der Waals surface area contributed by atoms with Gasteiger partial charge in [0.2, 0.25) is 5.91 Å². The van der Waals surface area contributed by atoms with Gasteiger partial charge in [-0.1, -0.05) is 19.1 Å². The number of aliphatic imine (C=N–C) groups is 1. The lowest BCUT2D eigenvalue weighted by Gasteiger charge is -2.16. The zero-order chi connectivity index (χ0) is 19.5. The minimum Gasteiger partial charge on any atom is -0.497 e. The van der Waals surface area contributed by atoms with Crippen molar-refractivity contribution in [3.8, 4) is 5.75 Å². The number of guanidine groups is 1. The SMILES string of the molecule is CCNC(=NCCC(C)c1ccc(OC)cc1)NCCC(=O)N1CCCC1.I. The summed E-state index contributed by atoms with van der Waals surface area (Å²) in [6.07, 6.45) is 3.76. The van der Waals surface area contributed by atoms with Gasteiger partial charge >= 0.3 is 0 Å². The Morgan fingerprint density at radius 1 is 1.21 bits per heavy atom. The van der Waals surface area contributed by atoms with Crippen LogP contribution in [0.2, 0.25) is 0 Å². The van der Waals surface area contributed by atoms with Gasteiger partial charge in [-0.05, 0) is 49.8 Å².